The van der Waals surface area contributed by atoms with Gasteiger partial charge in [-0.15, -0.1) is 0 Å². The Morgan fingerprint density at radius 2 is 1.76 bits per heavy atom. The molecule has 4 heterocycles. The maximum absolute atomic E-state index is 13.2. The second-order valence-electron chi connectivity index (χ2n) is 11.4. The van der Waals surface area contributed by atoms with Crippen LogP contribution < -0.4 is 10.9 Å². The molecule has 4 aromatic rings. The first-order valence-electron chi connectivity index (χ1n) is 14.0. The molecule has 2 N–H and O–H groups in total. The van der Waals surface area contributed by atoms with Crippen LogP contribution in [-0.4, -0.2) is 74.0 Å². The summed E-state index contributed by atoms with van der Waals surface area (Å²) in [6, 6.07) is 17.8. The molecule has 42 heavy (non-hydrogen) atoms. The van der Waals surface area contributed by atoms with E-state index in [4.69, 9.17) is 27.9 Å². The third-order valence-electron chi connectivity index (χ3n) is 7.61. The maximum atomic E-state index is 13.2. The number of fused-ring (bicyclic) bond motifs is 1. The van der Waals surface area contributed by atoms with Crippen LogP contribution in [0.2, 0.25) is 10.2 Å². The van der Waals surface area contributed by atoms with Crippen molar-refractivity contribution in [3.8, 4) is 5.69 Å². The summed E-state index contributed by atoms with van der Waals surface area (Å²) in [4.78, 5) is 32.1. The Morgan fingerprint density at radius 1 is 1.07 bits per heavy atom. The predicted octanol–water partition coefficient (Wildman–Crippen LogP) is 4.55. The number of halogens is 2. The van der Waals surface area contributed by atoms with Gasteiger partial charge in [0.25, 0.3) is 11.5 Å². The molecule has 222 valence electrons. The van der Waals surface area contributed by atoms with E-state index < -0.39 is 5.60 Å². The first kappa shape index (κ1) is 30.3. The zero-order chi connectivity index (χ0) is 29.9. The number of morpholine rings is 1. The second-order valence-corrected chi connectivity index (χ2v) is 12.2. The van der Waals surface area contributed by atoms with Gasteiger partial charge >= 0.3 is 0 Å². The van der Waals surface area contributed by atoms with Crippen molar-refractivity contribution in [1.29, 1.82) is 0 Å². The Kier molecular flexibility index (Phi) is 9.05. The molecular weight excluding hydrogens is 577 g/mol. The molecule has 9 nitrogen and oxygen atoms in total. The summed E-state index contributed by atoms with van der Waals surface area (Å²) in [5, 5.41) is 15.8. The Hall–Kier alpha value is -3.21. The third kappa shape index (κ3) is 6.88. The summed E-state index contributed by atoms with van der Waals surface area (Å²) in [5.41, 5.74) is 0.506. The van der Waals surface area contributed by atoms with Crippen LogP contribution >= 0.6 is 23.2 Å². The minimum Gasteiger partial charge on any atom is -0.388 e. The number of hydrogen-bond acceptors (Lipinski definition) is 6. The topological polar surface area (TPSA) is 102 Å². The summed E-state index contributed by atoms with van der Waals surface area (Å²) in [6.07, 6.45) is 2.15. The molecule has 0 unspecified atom stereocenters. The molecule has 6 rings (SSSR count). The molecule has 1 amide bonds. The van der Waals surface area contributed by atoms with Crippen LogP contribution in [0.4, 0.5) is 0 Å². The van der Waals surface area contributed by atoms with Gasteiger partial charge in [-0.25, -0.2) is 4.98 Å². The van der Waals surface area contributed by atoms with Gasteiger partial charge in [-0.05, 0) is 69.2 Å². The van der Waals surface area contributed by atoms with E-state index >= 15 is 0 Å². The van der Waals surface area contributed by atoms with Gasteiger partial charge in [0, 0.05) is 42.5 Å². The SMILES string of the molecule is CC1(C)CNCCO1.O=C(c1ccc(Cl)cc1)N1CCC(O)(Cn2cnc3c(cc(Cl)n3-c3ccccc3)c2=O)CC1. The van der Waals surface area contributed by atoms with Crippen molar-refractivity contribution in [2.24, 2.45) is 0 Å². The van der Waals surface area contributed by atoms with Crippen molar-refractivity contribution in [3.63, 3.8) is 0 Å². The lowest BCUT2D eigenvalue weighted by Gasteiger charge is -2.38. The van der Waals surface area contributed by atoms with Crippen molar-refractivity contribution in [2.75, 3.05) is 32.8 Å². The van der Waals surface area contributed by atoms with E-state index in [0.717, 1.165) is 25.4 Å². The number of likely N-dealkylation sites (tertiary alicyclic amines) is 1. The molecule has 2 aliphatic heterocycles. The number of aromatic nitrogens is 3. The number of carbonyl (C=O) groups excluding carboxylic acids is 1. The summed E-state index contributed by atoms with van der Waals surface area (Å²) < 4.78 is 8.54. The van der Waals surface area contributed by atoms with Gasteiger partial charge in [-0.3, -0.25) is 18.7 Å². The average Bonchev–Trinajstić information content (AvgIpc) is 3.32. The van der Waals surface area contributed by atoms with Crippen LogP contribution in [0.15, 0.2) is 71.8 Å². The molecule has 11 heteroatoms. The minimum absolute atomic E-state index is 0.0677. The Morgan fingerprint density at radius 3 is 2.36 bits per heavy atom. The molecule has 0 aliphatic carbocycles. The highest BCUT2D eigenvalue weighted by molar-refractivity contribution is 6.31. The van der Waals surface area contributed by atoms with Crippen molar-refractivity contribution in [2.45, 2.75) is 44.4 Å². The quantitative estimate of drug-likeness (QED) is 0.351. The smallest absolute Gasteiger partial charge is 0.262 e. The molecule has 2 aromatic heterocycles. The molecule has 2 fully saturated rings. The summed E-state index contributed by atoms with van der Waals surface area (Å²) in [6.45, 7) is 7.89. The number of rotatable bonds is 4. The number of hydrogen-bond donors (Lipinski definition) is 2. The highest BCUT2D eigenvalue weighted by Gasteiger charge is 2.35. The van der Waals surface area contributed by atoms with E-state index in [1.807, 2.05) is 30.3 Å². The van der Waals surface area contributed by atoms with Crippen LogP contribution in [0, 0.1) is 0 Å². The number of piperidine rings is 1. The number of ether oxygens (including phenoxy) is 1. The fraction of sp³-hybridized carbons (Fsp3) is 0.387. The molecule has 2 saturated heterocycles. The number of aliphatic hydroxyl groups is 1. The van der Waals surface area contributed by atoms with Crippen LogP contribution in [0.3, 0.4) is 0 Å². The van der Waals surface area contributed by atoms with E-state index in [2.05, 4.69) is 24.1 Å². The lowest BCUT2D eigenvalue weighted by molar-refractivity contribution is -0.0385. The molecule has 2 aromatic carbocycles. The Labute approximate surface area is 254 Å². The molecule has 0 bridgehead atoms. The van der Waals surface area contributed by atoms with Gasteiger partial charge in [0.05, 0.1) is 29.7 Å². The average molecular weight is 613 g/mol. The highest BCUT2D eigenvalue weighted by Crippen LogP contribution is 2.27. The Bertz CT molecular complexity index is 1590. The zero-order valence-electron chi connectivity index (χ0n) is 23.7. The van der Waals surface area contributed by atoms with E-state index in [9.17, 15) is 14.7 Å². The van der Waals surface area contributed by atoms with Gasteiger partial charge in [0.15, 0.2) is 5.65 Å². The number of carbonyl (C=O) groups is 1. The summed E-state index contributed by atoms with van der Waals surface area (Å²) >= 11 is 12.3. The zero-order valence-corrected chi connectivity index (χ0v) is 25.2. The summed E-state index contributed by atoms with van der Waals surface area (Å²) in [7, 11) is 0. The van der Waals surface area contributed by atoms with Crippen LogP contribution in [-0.2, 0) is 11.3 Å². The van der Waals surface area contributed by atoms with E-state index in [1.165, 1.54) is 10.9 Å². The first-order valence-corrected chi connectivity index (χ1v) is 14.7. The van der Waals surface area contributed by atoms with Crippen LogP contribution in [0.5, 0.6) is 0 Å². The van der Waals surface area contributed by atoms with Gasteiger partial charge < -0.3 is 20.1 Å². The van der Waals surface area contributed by atoms with Crippen molar-refractivity contribution in [1.82, 2.24) is 24.3 Å². The standard InChI is InChI=1S/C25H22Cl2N4O3.C6H13NO/c26-18-8-6-17(7-9-18)23(32)29-12-10-25(34,11-13-29)15-30-16-28-22-20(24(30)33)14-21(27)31(22)19-4-2-1-3-5-19;1-6(2)5-7-3-4-8-6/h1-9,14,16,34H,10-13,15H2;7H,3-5H2,1-2H3. The van der Waals surface area contributed by atoms with Crippen LogP contribution in [0.25, 0.3) is 16.7 Å². The number of para-hydroxylation sites is 1. The maximum Gasteiger partial charge on any atom is 0.262 e. The molecule has 2 aliphatic rings. The minimum atomic E-state index is -1.12. The fourth-order valence-electron chi connectivity index (χ4n) is 5.24. The molecule has 0 atom stereocenters. The van der Waals surface area contributed by atoms with Crippen molar-refractivity contribution in [3.05, 3.63) is 93.1 Å². The normalized spacial score (nSPS) is 17.9. The lowest BCUT2D eigenvalue weighted by Crippen LogP contribution is -2.49. The summed E-state index contributed by atoms with van der Waals surface area (Å²) in [5.74, 6) is -0.101. The fourth-order valence-corrected chi connectivity index (χ4v) is 5.65. The number of nitrogens with zero attached hydrogens (tertiary/aromatic N) is 4. The van der Waals surface area contributed by atoms with Crippen molar-refractivity contribution >= 4 is 40.1 Å². The molecule has 0 spiro atoms. The number of nitrogens with one attached hydrogen (secondary N) is 1. The number of benzene rings is 2. The van der Waals surface area contributed by atoms with Gasteiger partial charge in [0.1, 0.15) is 11.5 Å². The van der Waals surface area contributed by atoms with E-state index in [0.29, 0.717) is 52.7 Å². The van der Waals surface area contributed by atoms with E-state index in [-0.39, 0.29) is 23.6 Å². The van der Waals surface area contributed by atoms with Crippen molar-refractivity contribution < 1.29 is 14.6 Å². The van der Waals surface area contributed by atoms with Crippen LogP contribution in [0.1, 0.15) is 37.0 Å². The Balaban J connectivity index is 0.000000382. The first-order chi connectivity index (χ1) is 20.1. The molecular formula is C31H35Cl2N5O4. The lowest BCUT2D eigenvalue weighted by atomic mass is 9.91. The monoisotopic (exact) mass is 611 g/mol. The predicted molar refractivity (Wildman–Crippen MR) is 165 cm³/mol. The van der Waals surface area contributed by atoms with Gasteiger partial charge in [-0.2, -0.15) is 0 Å². The van der Waals surface area contributed by atoms with E-state index in [1.54, 1.807) is 39.8 Å². The second kappa shape index (κ2) is 12.6. The third-order valence-corrected chi connectivity index (χ3v) is 8.14. The molecule has 0 radical (unpaired) electrons. The number of amides is 1. The largest absolute Gasteiger partial charge is 0.388 e. The van der Waals surface area contributed by atoms with Gasteiger partial charge in [-0.1, -0.05) is 41.4 Å². The highest BCUT2D eigenvalue weighted by atomic mass is 35.5. The van der Waals surface area contributed by atoms with Gasteiger partial charge in [0.2, 0.25) is 0 Å². The molecule has 0 saturated carbocycles.